The second-order valence-electron chi connectivity index (χ2n) is 5.45. The van der Waals surface area contributed by atoms with Crippen LogP contribution in [0.4, 0.5) is 11.4 Å². The molecule has 0 aliphatic rings. The lowest BCUT2D eigenvalue weighted by atomic mass is 10.1. The number of hydrogen-bond donors (Lipinski definition) is 1. The molecule has 0 unspecified atom stereocenters. The van der Waals surface area contributed by atoms with Gasteiger partial charge < -0.3 is 9.84 Å². The lowest BCUT2D eigenvalue weighted by Crippen LogP contribution is -2.26. The number of sulfonamides is 1. The zero-order valence-electron chi connectivity index (χ0n) is 13.9. The van der Waals surface area contributed by atoms with E-state index in [0.717, 1.165) is 16.1 Å². The van der Waals surface area contributed by atoms with Crippen LogP contribution in [0.2, 0.25) is 0 Å². The average Bonchev–Trinajstić information content (AvgIpc) is 2.50. The van der Waals surface area contributed by atoms with E-state index in [0.29, 0.717) is 17.0 Å². The van der Waals surface area contributed by atoms with E-state index in [9.17, 15) is 18.8 Å². The molecule has 0 aliphatic carbocycles. The summed E-state index contributed by atoms with van der Waals surface area (Å²) in [7, 11) is -2.17. The Bertz CT molecular complexity index is 930. The SMILES string of the molecule is COc1cc(C)c(N(c2ccc(O)cc2C#N)S(C)(=O)=O)cc1C. The molecule has 2 rings (SSSR count). The summed E-state index contributed by atoms with van der Waals surface area (Å²) in [4.78, 5) is 0. The van der Waals surface area contributed by atoms with Crippen LogP contribution in [0, 0.1) is 25.2 Å². The van der Waals surface area contributed by atoms with Gasteiger partial charge in [0.2, 0.25) is 10.0 Å². The quantitative estimate of drug-likeness (QED) is 0.919. The second-order valence-corrected chi connectivity index (χ2v) is 7.28. The van der Waals surface area contributed by atoms with E-state index in [-0.39, 0.29) is 17.0 Å². The zero-order valence-corrected chi connectivity index (χ0v) is 14.7. The first-order valence-electron chi connectivity index (χ1n) is 7.07. The highest BCUT2D eigenvalue weighted by Gasteiger charge is 2.25. The topological polar surface area (TPSA) is 90.6 Å². The fourth-order valence-electron chi connectivity index (χ4n) is 2.49. The molecular formula is C17H18N2O4S. The van der Waals surface area contributed by atoms with E-state index in [1.54, 1.807) is 26.2 Å². The third-order valence-corrected chi connectivity index (χ3v) is 4.64. The molecular weight excluding hydrogens is 328 g/mol. The maximum atomic E-state index is 12.4. The number of hydrogen-bond acceptors (Lipinski definition) is 5. The van der Waals surface area contributed by atoms with E-state index in [1.807, 2.05) is 13.0 Å². The monoisotopic (exact) mass is 346 g/mol. The summed E-state index contributed by atoms with van der Waals surface area (Å²) < 4.78 is 31.2. The Labute approximate surface area is 141 Å². The number of nitriles is 1. The van der Waals surface area contributed by atoms with Gasteiger partial charge in [-0.05, 0) is 55.3 Å². The number of phenols is 1. The van der Waals surface area contributed by atoms with Crippen LogP contribution < -0.4 is 9.04 Å². The predicted molar refractivity (Wildman–Crippen MR) is 92.3 cm³/mol. The first-order chi connectivity index (χ1) is 11.2. The molecule has 6 nitrogen and oxygen atoms in total. The summed E-state index contributed by atoms with van der Waals surface area (Å²) >= 11 is 0. The number of anilines is 2. The Morgan fingerprint density at radius 1 is 1.12 bits per heavy atom. The van der Waals surface area contributed by atoms with Gasteiger partial charge in [0.15, 0.2) is 0 Å². The number of ether oxygens (including phenoxy) is 1. The lowest BCUT2D eigenvalue weighted by Gasteiger charge is -2.26. The molecule has 0 aliphatic heterocycles. The van der Waals surface area contributed by atoms with Crippen LogP contribution in [0.15, 0.2) is 30.3 Å². The highest BCUT2D eigenvalue weighted by Crippen LogP contribution is 2.37. The summed E-state index contributed by atoms with van der Waals surface area (Å²) in [6.07, 6.45) is 1.07. The zero-order chi connectivity index (χ0) is 18.1. The van der Waals surface area contributed by atoms with Gasteiger partial charge in [-0.1, -0.05) is 0 Å². The first-order valence-corrected chi connectivity index (χ1v) is 8.92. The Balaban J connectivity index is 2.79. The minimum atomic E-state index is -3.72. The predicted octanol–water partition coefficient (Wildman–Crippen LogP) is 2.99. The van der Waals surface area contributed by atoms with Gasteiger partial charge in [0.25, 0.3) is 0 Å². The fraction of sp³-hybridized carbons (Fsp3) is 0.235. The first kappa shape index (κ1) is 17.6. The Morgan fingerprint density at radius 3 is 2.33 bits per heavy atom. The molecule has 0 saturated carbocycles. The van der Waals surface area contributed by atoms with E-state index >= 15 is 0 Å². The van der Waals surface area contributed by atoms with Gasteiger partial charge >= 0.3 is 0 Å². The van der Waals surface area contributed by atoms with Crippen molar-refractivity contribution < 1.29 is 18.3 Å². The third-order valence-electron chi connectivity index (χ3n) is 3.58. The van der Waals surface area contributed by atoms with Crippen LogP contribution in [0.25, 0.3) is 0 Å². The smallest absolute Gasteiger partial charge is 0.236 e. The van der Waals surface area contributed by atoms with Crippen LogP contribution in [0.5, 0.6) is 11.5 Å². The number of rotatable bonds is 4. The van der Waals surface area contributed by atoms with Crippen molar-refractivity contribution in [2.75, 3.05) is 17.7 Å². The van der Waals surface area contributed by atoms with Crippen molar-refractivity contribution in [3.8, 4) is 17.6 Å². The molecule has 0 amide bonds. The van der Waals surface area contributed by atoms with Gasteiger partial charge in [-0.3, -0.25) is 0 Å². The van der Waals surface area contributed by atoms with Crippen molar-refractivity contribution >= 4 is 21.4 Å². The van der Waals surface area contributed by atoms with E-state index < -0.39 is 10.0 Å². The van der Waals surface area contributed by atoms with Gasteiger partial charge in [-0.25, -0.2) is 12.7 Å². The molecule has 2 aromatic rings. The molecule has 2 aromatic carbocycles. The van der Waals surface area contributed by atoms with Crippen LogP contribution in [-0.2, 0) is 10.0 Å². The summed E-state index contributed by atoms with van der Waals surface area (Å²) in [5, 5.41) is 18.9. The minimum absolute atomic E-state index is 0.0632. The van der Waals surface area contributed by atoms with Gasteiger partial charge in [0.05, 0.1) is 30.3 Å². The van der Waals surface area contributed by atoms with E-state index in [2.05, 4.69) is 0 Å². The Hall–Kier alpha value is -2.72. The molecule has 0 radical (unpaired) electrons. The van der Waals surface area contributed by atoms with Crippen molar-refractivity contribution in [2.45, 2.75) is 13.8 Å². The molecule has 0 bridgehead atoms. The van der Waals surface area contributed by atoms with Crippen molar-refractivity contribution in [1.82, 2.24) is 0 Å². The van der Waals surface area contributed by atoms with Gasteiger partial charge in [0.1, 0.15) is 17.6 Å². The largest absolute Gasteiger partial charge is 0.508 e. The van der Waals surface area contributed by atoms with E-state index in [4.69, 9.17) is 4.74 Å². The van der Waals surface area contributed by atoms with Crippen LogP contribution in [-0.4, -0.2) is 26.9 Å². The van der Waals surface area contributed by atoms with Crippen LogP contribution >= 0.6 is 0 Å². The lowest BCUT2D eigenvalue weighted by molar-refractivity contribution is 0.411. The van der Waals surface area contributed by atoms with Crippen molar-refractivity contribution in [3.63, 3.8) is 0 Å². The molecule has 24 heavy (non-hydrogen) atoms. The second kappa shape index (κ2) is 6.42. The maximum absolute atomic E-state index is 12.4. The summed E-state index contributed by atoms with van der Waals surface area (Å²) in [5.41, 5.74) is 2.13. The molecule has 0 aromatic heterocycles. The number of nitrogens with zero attached hydrogens (tertiary/aromatic N) is 2. The molecule has 126 valence electrons. The highest BCUT2D eigenvalue weighted by molar-refractivity contribution is 7.92. The standard InChI is InChI=1S/C17H18N2O4S/c1-11-8-17(23-3)12(2)7-16(11)19(24(4,21)22)15-6-5-14(20)9-13(15)10-18/h5-9,20H,1-4H3. The summed E-state index contributed by atoms with van der Waals surface area (Å²) in [6.45, 7) is 3.58. The minimum Gasteiger partial charge on any atom is -0.508 e. The maximum Gasteiger partial charge on any atom is 0.236 e. The van der Waals surface area contributed by atoms with Crippen molar-refractivity contribution in [3.05, 3.63) is 47.0 Å². The van der Waals surface area contributed by atoms with Gasteiger partial charge in [-0.2, -0.15) is 5.26 Å². The Morgan fingerprint density at radius 2 is 1.79 bits per heavy atom. The molecule has 0 atom stereocenters. The van der Waals surface area contributed by atoms with Gasteiger partial charge in [0, 0.05) is 0 Å². The average molecular weight is 346 g/mol. The Kier molecular flexibility index (Phi) is 4.71. The fourth-order valence-corrected chi connectivity index (χ4v) is 3.56. The number of benzene rings is 2. The van der Waals surface area contributed by atoms with Crippen LogP contribution in [0.3, 0.4) is 0 Å². The molecule has 0 fully saturated rings. The highest BCUT2D eigenvalue weighted by atomic mass is 32.2. The molecule has 0 spiro atoms. The number of phenolic OH excluding ortho intramolecular Hbond substituents is 1. The number of aryl methyl sites for hydroxylation is 2. The van der Waals surface area contributed by atoms with E-state index in [1.165, 1.54) is 18.2 Å². The van der Waals surface area contributed by atoms with Crippen molar-refractivity contribution in [1.29, 1.82) is 5.26 Å². The van der Waals surface area contributed by atoms with Crippen LogP contribution in [0.1, 0.15) is 16.7 Å². The van der Waals surface area contributed by atoms with Crippen molar-refractivity contribution in [2.24, 2.45) is 0 Å². The molecule has 0 saturated heterocycles. The summed E-state index contributed by atoms with van der Waals surface area (Å²) in [6, 6.07) is 9.36. The molecule has 1 N–H and O–H groups in total. The number of methoxy groups -OCH3 is 1. The normalized spacial score (nSPS) is 11.0. The molecule has 7 heteroatoms. The summed E-state index contributed by atoms with van der Waals surface area (Å²) in [5.74, 6) is 0.544. The third kappa shape index (κ3) is 3.29. The molecule has 0 heterocycles. The van der Waals surface area contributed by atoms with Gasteiger partial charge in [-0.15, -0.1) is 0 Å². The number of aromatic hydroxyl groups is 1.